The maximum Gasteiger partial charge on any atom is 0.412 e. The predicted molar refractivity (Wildman–Crippen MR) is 100.0 cm³/mol. The number of benzene rings is 2. The Labute approximate surface area is 153 Å². The first kappa shape index (κ1) is 16.4. The lowest BCUT2D eigenvalue weighted by Gasteiger charge is -2.14. The lowest BCUT2D eigenvalue weighted by Crippen LogP contribution is -2.18. The van der Waals surface area contributed by atoms with Crippen molar-refractivity contribution < 1.29 is 19.4 Å². The van der Waals surface area contributed by atoms with Crippen LogP contribution < -0.4 is 5.32 Å². The summed E-state index contributed by atoms with van der Waals surface area (Å²) < 4.78 is 5.41. The summed E-state index contributed by atoms with van der Waals surface area (Å²) in [6.45, 7) is 0.188. The van der Waals surface area contributed by atoms with E-state index in [1.54, 1.807) is 5.38 Å². The van der Waals surface area contributed by atoms with E-state index in [-0.39, 0.29) is 23.1 Å². The summed E-state index contributed by atoms with van der Waals surface area (Å²) >= 11 is 1.15. The van der Waals surface area contributed by atoms with Crippen LogP contribution in [-0.4, -0.2) is 23.8 Å². The molecule has 1 aromatic heterocycles. The largest absolute Gasteiger partial charge is 0.478 e. The molecule has 0 unspecified atom stereocenters. The maximum absolute atomic E-state index is 12.1. The fourth-order valence-corrected chi connectivity index (χ4v) is 4.07. The molecule has 5 nitrogen and oxygen atoms in total. The van der Waals surface area contributed by atoms with Crippen LogP contribution in [0.15, 0.2) is 60.0 Å². The minimum atomic E-state index is -1.08. The number of carbonyl (C=O) groups excluding carboxylic acids is 1. The molecule has 1 aliphatic carbocycles. The highest BCUT2D eigenvalue weighted by Crippen LogP contribution is 2.44. The number of thiophene rings is 1. The van der Waals surface area contributed by atoms with E-state index in [4.69, 9.17) is 9.84 Å². The summed E-state index contributed by atoms with van der Waals surface area (Å²) in [7, 11) is 0. The van der Waals surface area contributed by atoms with E-state index in [0.717, 1.165) is 33.6 Å². The van der Waals surface area contributed by atoms with Gasteiger partial charge >= 0.3 is 12.1 Å². The SMILES string of the molecule is O=C(Nc1sccc1C(=O)O)OCC1c2ccccc2-c2ccccc21. The van der Waals surface area contributed by atoms with Crippen LogP contribution in [0.25, 0.3) is 11.1 Å². The highest BCUT2D eigenvalue weighted by molar-refractivity contribution is 7.14. The summed E-state index contributed by atoms with van der Waals surface area (Å²) in [5.74, 6) is -1.12. The lowest BCUT2D eigenvalue weighted by molar-refractivity contribution is 0.0698. The number of amides is 1. The van der Waals surface area contributed by atoms with E-state index >= 15 is 0 Å². The molecule has 2 aromatic carbocycles. The molecule has 4 rings (SSSR count). The average molecular weight is 365 g/mol. The van der Waals surface area contributed by atoms with Gasteiger partial charge in [0.25, 0.3) is 0 Å². The van der Waals surface area contributed by atoms with Crippen LogP contribution in [0.3, 0.4) is 0 Å². The van der Waals surface area contributed by atoms with Crippen molar-refractivity contribution in [1.82, 2.24) is 0 Å². The molecule has 130 valence electrons. The predicted octanol–water partition coefficient (Wildman–Crippen LogP) is 4.81. The van der Waals surface area contributed by atoms with Gasteiger partial charge in [-0.15, -0.1) is 11.3 Å². The zero-order valence-corrected chi connectivity index (χ0v) is 14.5. The van der Waals surface area contributed by atoms with Gasteiger partial charge < -0.3 is 9.84 Å². The highest BCUT2D eigenvalue weighted by Gasteiger charge is 2.29. The second-order valence-electron chi connectivity index (χ2n) is 5.92. The summed E-state index contributed by atoms with van der Waals surface area (Å²) in [6.07, 6.45) is -0.656. The number of carboxylic acids is 1. The van der Waals surface area contributed by atoms with E-state index in [1.807, 2.05) is 36.4 Å². The van der Waals surface area contributed by atoms with Crippen LogP contribution in [0.4, 0.5) is 9.80 Å². The number of aromatic carboxylic acids is 1. The molecule has 0 atom stereocenters. The molecule has 0 spiro atoms. The molecule has 1 amide bonds. The second kappa shape index (κ2) is 6.65. The maximum atomic E-state index is 12.1. The van der Waals surface area contributed by atoms with Gasteiger partial charge in [-0.1, -0.05) is 48.5 Å². The van der Waals surface area contributed by atoms with Gasteiger partial charge in [0.1, 0.15) is 11.6 Å². The Bertz CT molecular complexity index is 949. The van der Waals surface area contributed by atoms with Crippen LogP contribution in [0, 0.1) is 0 Å². The van der Waals surface area contributed by atoms with Crippen molar-refractivity contribution in [3.05, 3.63) is 76.7 Å². The molecule has 0 aliphatic heterocycles. The molecule has 6 heteroatoms. The van der Waals surface area contributed by atoms with E-state index in [1.165, 1.54) is 6.07 Å². The number of fused-ring (bicyclic) bond motifs is 3. The van der Waals surface area contributed by atoms with Crippen LogP contribution in [0.5, 0.6) is 0 Å². The Balaban J connectivity index is 1.50. The van der Waals surface area contributed by atoms with Crippen LogP contribution in [-0.2, 0) is 4.74 Å². The zero-order valence-electron chi connectivity index (χ0n) is 13.6. The Morgan fingerprint density at radius 3 is 2.23 bits per heavy atom. The number of rotatable bonds is 4. The van der Waals surface area contributed by atoms with Crippen molar-refractivity contribution in [2.24, 2.45) is 0 Å². The van der Waals surface area contributed by atoms with Crippen LogP contribution in [0.2, 0.25) is 0 Å². The third-order valence-electron chi connectivity index (χ3n) is 4.45. The molecular formula is C20H15NO4S. The number of carbonyl (C=O) groups is 2. The Morgan fingerprint density at radius 1 is 1.00 bits per heavy atom. The first-order valence-electron chi connectivity index (χ1n) is 8.08. The third-order valence-corrected chi connectivity index (χ3v) is 5.28. The van der Waals surface area contributed by atoms with Crippen LogP contribution in [0.1, 0.15) is 27.4 Å². The highest BCUT2D eigenvalue weighted by atomic mass is 32.1. The fourth-order valence-electron chi connectivity index (χ4n) is 3.30. The molecule has 1 aliphatic rings. The number of ether oxygens (including phenoxy) is 1. The topological polar surface area (TPSA) is 75.6 Å². The molecule has 0 radical (unpaired) electrons. The zero-order chi connectivity index (χ0) is 18.1. The van der Waals surface area contributed by atoms with Crippen molar-refractivity contribution in [2.45, 2.75) is 5.92 Å². The van der Waals surface area contributed by atoms with Gasteiger partial charge in [-0.25, -0.2) is 9.59 Å². The van der Waals surface area contributed by atoms with Crippen molar-refractivity contribution >= 4 is 28.4 Å². The number of carboxylic acid groups (broad SMARTS) is 1. The Hall–Kier alpha value is -3.12. The molecule has 26 heavy (non-hydrogen) atoms. The van der Waals surface area contributed by atoms with Gasteiger partial charge in [-0.3, -0.25) is 5.32 Å². The fraction of sp³-hybridized carbons (Fsp3) is 0.100. The molecule has 0 bridgehead atoms. The second-order valence-corrected chi connectivity index (χ2v) is 6.84. The first-order chi connectivity index (χ1) is 12.6. The number of hydrogen-bond acceptors (Lipinski definition) is 4. The van der Waals surface area contributed by atoms with Crippen molar-refractivity contribution in [3.8, 4) is 11.1 Å². The molecule has 3 aromatic rings. The summed E-state index contributed by atoms with van der Waals surface area (Å²) in [5, 5.41) is 13.5. The molecule has 1 heterocycles. The smallest absolute Gasteiger partial charge is 0.412 e. The van der Waals surface area contributed by atoms with Gasteiger partial charge in [-0.05, 0) is 33.7 Å². The van der Waals surface area contributed by atoms with Crippen molar-refractivity contribution in [1.29, 1.82) is 0 Å². The molecule has 0 fully saturated rings. The molecular weight excluding hydrogens is 350 g/mol. The lowest BCUT2D eigenvalue weighted by atomic mass is 9.98. The standard InChI is InChI=1S/C20H15NO4S/c22-19(23)16-9-10-26-18(16)21-20(24)25-11-17-14-7-3-1-5-12(14)13-6-2-4-8-15(13)17/h1-10,17H,11H2,(H,21,24)(H,22,23). The third kappa shape index (κ3) is 2.84. The van der Waals surface area contributed by atoms with E-state index in [2.05, 4.69) is 17.4 Å². The first-order valence-corrected chi connectivity index (χ1v) is 8.96. The van der Waals surface area contributed by atoms with Crippen molar-refractivity contribution in [3.63, 3.8) is 0 Å². The van der Waals surface area contributed by atoms with E-state index in [9.17, 15) is 9.59 Å². The van der Waals surface area contributed by atoms with Crippen LogP contribution >= 0.6 is 11.3 Å². The molecule has 0 saturated heterocycles. The van der Waals surface area contributed by atoms with Gasteiger partial charge in [0, 0.05) is 5.92 Å². The van der Waals surface area contributed by atoms with E-state index in [0.29, 0.717) is 0 Å². The number of hydrogen-bond donors (Lipinski definition) is 2. The Kier molecular flexibility index (Phi) is 4.18. The van der Waals surface area contributed by atoms with Gasteiger partial charge in [-0.2, -0.15) is 0 Å². The van der Waals surface area contributed by atoms with Crippen molar-refractivity contribution in [2.75, 3.05) is 11.9 Å². The number of nitrogens with one attached hydrogen (secondary N) is 1. The molecule has 2 N–H and O–H groups in total. The van der Waals surface area contributed by atoms with Gasteiger partial charge in [0.05, 0.1) is 5.56 Å². The average Bonchev–Trinajstić information content (AvgIpc) is 3.23. The quantitative estimate of drug-likeness (QED) is 0.696. The summed E-state index contributed by atoms with van der Waals surface area (Å²) in [5.41, 5.74) is 4.63. The normalized spacial score (nSPS) is 12.3. The molecule has 0 saturated carbocycles. The van der Waals surface area contributed by atoms with E-state index < -0.39 is 12.1 Å². The minimum absolute atomic E-state index is 0.0320. The minimum Gasteiger partial charge on any atom is -0.478 e. The monoisotopic (exact) mass is 365 g/mol. The Morgan fingerprint density at radius 2 is 1.62 bits per heavy atom. The van der Waals surface area contributed by atoms with Gasteiger partial charge in [0.15, 0.2) is 0 Å². The summed E-state index contributed by atoms with van der Waals surface area (Å²) in [4.78, 5) is 23.3. The summed E-state index contributed by atoms with van der Waals surface area (Å²) in [6, 6.07) is 17.6. The van der Waals surface area contributed by atoms with Gasteiger partial charge in [0.2, 0.25) is 0 Å². The number of anilines is 1.